The minimum atomic E-state index is -1.90. The van der Waals surface area contributed by atoms with Gasteiger partial charge in [0.2, 0.25) is 6.29 Å². The first-order chi connectivity index (χ1) is 31.2. The van der Waals surface area contributed by atoms with Crippen molar-refractivity contribution in [2.45, 2.75) is 198 Å². The van der Waals surface area contributed by atoms with E-state index in [9.17, 15) is 70.6 Å². The number of aliphatic hydroxyl groups excluding tert-OH is 10. The first-order valence-electron chi connectivity index (χ1n) is 24.2. The highest BCUT2D eigenvalue weighted by Gasteiger charge is 2.72. The van der Waals surface area contributed by atoms with E-state index in [1.54, 1.807) is 6.92 Å². The summed E-state index contributed by atoms with van der Waals surface area (Å²) in [6.45, 7) is 11.7. The number of aliphatic carboxylic acids is 1. The summed E-state index contributed by atoms with van der Waals surface area (Å²) in [5.41, 5.74) is -2.85. The highest BCUT2D eigenvalue weighted by molar-refractivity contribution is 5.79. The zero-order valence-electron chi connectivity index (χ0n) is 39.3. The molecule has 0 bridgehead atoms. The third-order valence-corrected chi connectivity index (χ3v) is 19.3. The summed E-state index contributed by atoms with van der Waals surface area (Å²) in [7, 11) is 0. The van der Waals surface area contributed by atoms with E-state index < -0.39 is 156 Å². The Kier molecular flexibility index (Phi) is 13.6. The summed E-state index contributed by atoms with van der Waals surface area (Å²) in [5.74, 6) is -4.20. The third kappa shape index (κ3) is 7.88. The lowest BCUT2D eigenvalue weighted by Gasteiger charge is -2.71. The molecule has 8 rings (SSSR count). The highest BCUT2D eigenvalue weighted by Crippen LogP contribution is 2.76. The number of carbonyl (C=O) groups excluding carboxylic acids is 2. The second kappa shape index (κ2) is 17.8. The fourth-order valence-electron chi connectivity index (χ4n) is 15.2. The zero-order chi connectivity index (χ0) is 49.1. The molecule has 6 aliphatic carbocycles. The van der Waals surface area contributed by atoms with Gasteiger partial charge in [0.05, 0.1) is 54.4 Å². The molecule has 7 fully saturated rings. The summed E-state index contributed by atoms with van der Waals surface area (Å²) < 4.78 is 29.6. The number of aldehydes is 1. The maximum Gasteiger partial charge on any atom is 0.315 e. The van der Waals surface area contributed by atoms with Crippen molar-refractivity contribution in [2.24, 2.45) is 56.2 Å². The summed E-state index contributed by atoms with van der Waals surface area (Å²) in [4.78, 5) is 40.8. The Morgan fingerprint density at radius 2 is 1.43 bits per heavy atom. The van der Waals surface area contributed by atoms with Crippen molar-refractivity contribution in [3.05, 3.63) is 11.6 Å². The standard InChI is InChI=1S/C48H74O19/c1-43(2)11-13-48(42(62)67-41-36(59)33(56)32(55)27(18-49)65-41)14-12-46(5)22(23(48)16-43)7-8-29-44(3)17-24(51)38(45(4,20-50)28(44)9-10-47(29,46)6)64-26-15-21(39(60)61)30(53)34(57)37(26)66-40-35(58)31(54)25(52)19-63-40/h7,20-21,23-38,40-41,49,51-59H,8-19H2,1-6H3,(H,60,61)/t21-,23?,24-,25+,26-,27-,28?,29?,30+,31-,32-,33+,34-,35+,36-,37-,38-,40-,41+,44-,45-,46+,47+,48-/m1/s1. The number of aliphatic hydroxyl groups is 10. The summed E-state index contributed by atoms with van der Waals surface area (Å²) in [5, 5.41) is 117. The molecule has 2 aliphatic heterocycles. The van der Waals surface area contributed by atoms with Gasteiger partial charge in [-0.15, -0.1) is 0 Å². The molecule has 5 saturated carbocycles. The Morgan fingerprint density at radius 3 is 2.09 bits per heavy atom. The van der Waals surface area contributed by atoms with Crippen LogP contribution < -0.4 is 0 Å². The van der Waals surface area contributed by atoms with Gasteiger partial charge in [0, 0.05) is 0 Å². The molecule has 19 heteroatoms. The van der Waals surface area contributed by atoms with Crippen molar-refractivity contribution in [3.63, 3.8) is 0 Å². The number of hydrogen-bond donors (Lipinski definition) is 11. The number of hydrogen-bond acceptors (Lipinski definition) is 18. The fourth-order valence-corrected chi connectivity index (χ4v) is 15.2. The average molecular weight is 955 g/mol. The Bertz CT molecular complexity index is 1910. The lowest BCUT2D eigenvalue weighted by molar-refractivity contribution is -0.322. The number of fused-ring (bicyclic) bond motifs is 7. The van der Waals surface area contributed by atoms with Crippen LogP contribution in [0.4, 0.5) is 0 Å². The number of rotatable bonds is 9. The van der Waals surface area contributed by atoms with E-state index in [1.165, 1.54) is 0 Å². The molecule has 24 atom stereocenters. The Balaban J connectivity index is 1.08. The van der Waals surface area contributed by atoms with Gasteiger partial charge in [0.25, 0.3) is 0 Å². The molecule has 19 nitrogen and oxygen atoms in total. The van der Waals surface area contributed by atoms with E-state index in [2.05, 4.69) is 40.7 Å². The molecule has 11 N–H and O–H groups in total. The monoisotopic (exact) mass is 954 g/mol. The van der Waals surface area contributed by atoms with E-state index >= 15 is 0 Å². The summed E-state index contributed by atoms with van der Waals surface area (Å²) >= 11 is 0. The first kappa shape index (κ1) is 51.2. The molecule has 380 valence electrons. The van der Waals surface area contributed by atoms with Gasteiger partial charge in [-0.05, 0) is 104 Å². The summed E-state index contributed by atoms with van der Waals surface area (Å²) in [6.07, 6.45) is -16.0. The molecule has 3 unspecified atom stereocenters. The SMILES string of the molecule is CC1(C)CC[C@@]2(C(=O)O[C@@H]3O[C@H](CO)[C@@H](O)[C@H](O)[C@H]3O)CC[C@@]3(C)C(=CCC4[C@]5(C)C[C@@H](O)[C@@H](O[C@@H]6C[C@@H](C(=O)O)[C@H](O)[C@@H](O)[C@@H]6O[C@H]6OC[C@H](O)[C@@H](O)[C@@H]6O)[C@](C)(C=O)C5CC[C@@]43C)C2C1. The van der Waals surface area contributed by atoms with Crippen LogP contribution in [0.1, 0.15) is 106 Å². The minimum Gasteiger partial charge on any atom is -0.481 e. The van der Waals surface area contributed by atoms with E-state index in [4.69, 9.17) is 23.7 Å². The van der Waals surface area contributed by atoms with Gasteiger partial charge in [-0.2, -0.15) is 0 Å². The molecule has 2 heterocycles. The maximum atomic E-state index is 14.7. The van der Waals surface area contributed by atoms with Crippen LogP contribution in [0.25, 0.3) is 0 Å². The fraction of sp³-hybridized carbons (Fsp3) is 0.896. The second-order valence-electron chi connectivity index (χ2n) is 23.3. The second-order valence-corrected chi connectivity index (χ2v) is 23.3. The van der Waals surface area contributed by atoms with Crippen LogP contribution in [0, 0.1) is 56.2 Å². The molecular weight excluding hydrogens is 881 g/mol. The molecule has 8 aliphatic rings. The Hall–Kier alpha value is -2.21. The number of carbonyl (C=O) groups is 3. The largest absolute Gasteiger partial charge is 0.481 e. The van der Waals surface area contributed by atoms with Crippen LogP contribution in [-0.2, 0) is 38.1 Å². The van der Waals surface area contributed by atoms with Crippen LogP contribution in [-0.4, -0.2) is 180 Å². The van der Waals surface area contributed by atoms with Crippen LogP contribution >= 0.6 is 0 Å². The van der Waals surface area contributed by atoms with Gasteiger partial charge in [0.1, 0.15) is 61.2 Å². The Morgan fingerprint density at radius 1 is 0.761 bits per heavy atom. The molecule has 0 amide bonds. The van der Waals surface area contributed by atoms with Gasteiger partial charge >= 0.3 is 11.9 Å². The van der Waals surface area contributed by atoms with Gasteiger partial charge in [0.15, 0.2) is 6.29 Å². The molecule has 2 saturated heterocycles. The Labute approximate surface area is 390 Å². The predicted molar refractivity (Wildman–Crippen MR) is 230 cm³/mol. The van der Waals surface area contributed by atoms with Crippen molar-refractivity contribution in [1.82, 2.24) is 0 Å². The van der Waals surface area contributed by atoms with Gasteiger partial charge < -0.3 is 84.7 Å². The van der Waals surface area contributed by atoms with Crippen LogP contribution in [0.2, 0.25) is 0 Å². The normalized spacial score (nSPS) is 54.0. The van der Waals surface area contributed by atoms with Crippen LogP contribution in [0.3, 0.4) is 0 Å². The van der Waals surface area contributed by atoms with Gasteiger partial charge in [-0.3, -0.25) is 9.59 Å². The summed E-state index contributed by atoms with van der Waals surface area (Å²) in [6, 6.07) is 0. The van der Waals surface area contributed by atoms with E-state index in [1.807, 2.05) is 0 Å². The number of ether oxygens (including phenoxy) is 5. The molecule has 0 aromatic carbocycles. The quantitative estimate of drug-likeness (QED) is 0.0802. The van der Waals surface area contributed by atoms with Gasteiger partial charge in [-0.25, -0.2) is 0 Å². The topological polar surface area (TPSA) is 320 Å². The molecule has 0 aromatic rings. The van der Waals surface area contributed by atoms with Crippen molar-refractivity contribution < 1.29 is 94.2 Å². The molecule has 0 radical (unpaired) electrons. The minimum absolute atomic E-state index is 0.0709. The number of carboxylic acid groups (broad SMARTS) is 1. The lowest BCUT2D eigenvalue weighted by atomic mass is 9.33. The van der Waals surface area contributed by atoms with E-state index in [0.29, 0.717) is 44.9 Å². The molecule has 67 heavy (non-hydrogen) atoms. The van der Waals surface area contributed by atoms with Crippen LogP contribution in [0.15, 0.2) is 11.6 Å². The lowest BCUT2D eigenvalue weighted by Crippen LogP contribution is -2.69. The number of carboxylic acids is 1. The highest BCUT2D eigenvalue weighted by atomic mass is 16.7. The van der Waals surface area contributed by atoms with Gasteiger partial charge in [-0.1, -0.05) is 53.2 Å². The first-order valence-corrected chi connectivity index (χ1v) is 24.2. The zero-order valence-corrected chi connectivity index (χ0v) is 39.3. The molecular formula is C48H74O19. The van der Waals surface area contributed by atoms with E-state index in [0.717, 1.165) is 18.3 Å². The maximum absolute atomic E-state index is 14.7. The molecule has 0 spiro atoms. The number of esters is 1. The smallest absolute Gasteiger partial charge is 0.315 e. The van der Waals surface area contributed by atoms with Crippen molar-refractivity contribution >= 4 is 18.2 Å². The molecule has 0 aromatic heterocycles. The number of allylic oxidation sites excluding steroid dienone is 2. The average Bonchev–Trinajstić information content (AvgIpc) is 3.27. The van der Waals surface area contributed by atoms with Crippen LogP contribution in [0.5, 0.6) is 0 Å². The van der Waals surface area contributed by atoms with E-state index in [-0.39, 0.29) is 29.6 Å². The predicted octanol–water partition coefficient (Wildman–Crippen LogP) is -0.315. The third-order valence-electron chi connectivity index (χ3n) is 19.3. The van der Waals surface area contributed by atoms with Crippen molar-refractivity contribution in [1.29, 1.82) is 0 Å². The van der Waals surface area contributed by atoms with Crippen molar-refractivity contribution in [3.8, 4) is 0 Å². The van der Waals surface area contributed by atoms with Crippen molar-refractivity contribution in [2.75, 3.05) is 13.2 Å².